The monoisotopic (exact) mass is 235 g/mol. The van der Waals surface area contributed by atoms with Crippen molar-refractivity contribution >= 4 is 29.6 Å². The lowest BCUT2D eigenvalue weighted by Gasteiger charge is -2.28. The molecular weight excluding hydrogens is 222 g/mol. The van der Waals surface area contributed by atoms with Crippen LogP contribution in [-0.4, -0.2) is 24.5 Å². The Kier molecular flexibility index (Phi) is 3.29. The van der Waals surface area contributed by atoms with E-state index in [2.05, 4.69) is 0 Å². The lowest BCUT2D eigenvalue weighted by atomic mass is 10.2. The highest BCUT2D eigenvalue weighted by Gasteiger charge is 2.23. The van der Waals surface area contributed by atoms with Crippen LogP contribution in [0.5, 0.6) is 0 Å². The molecule has 1 amide bonds. The minimum atomic E-state index is 0.127. The first kappa shape index (κ1) is 11.2. The van der Waals surface area contributed by atoms with Crippen LogP contribution in [0.4, 0.5) is 5.69 Å². The van der Waals surface area contributed by atoms with E-state index in [1.165, 1.54) is 11.8 Å². The van der Waals surface area contributed by atoms with Gasteiger partial charge in [-0.1, -0.05) is 13.0 Å². The molecule has 2 rings (SSSR count). The molecule has 3 nitrogen and oxygen atoms in total. The number of thioether (sulfide) groups is 1. The third kappa shape index (κ3) is 1.97. The van der Waals surface area contributed by atoms with Gasteiger partial charge in [0.1, 0.15) is 6.29 Å². The van der Waals surface area contributed by atoms with Crippen LogP contribution in [0.3, 0.4) is 0 Å². The molecule has 0 N–H and O–H groups in total. The molecule has 0 radical (unpaired) electrons. The van der Waals surface area contributed by atoms with Crippen LogP contribution < -0.4 is 4.90 Å². The van der Waals surface area contributed by atoms with Crippen molar-refractivity contribution in [2.75, 3.05) is 17.2 Å². The summed E-state index contributed by atoms with van der Waals surface area (Å²) in [4.78, 5) is 25.4. The third-order valence-electron chi connectivity index (χ3n) is 2.51. The number of benzene rings is 1. The van der Waals surface area contributed by atoms with Crippen LogP contribution in [0.1, 0.15) is 23.7 Å². The van der Waals surface area contributed by atoms with E-state index in [-0.39, 0.29) is 5.91 Å². The first-order valence-corrected chi connectivity index (χ1v) is 6.27. The zero-order valence-electron chi connectivity index (χ0n) is 9.10. The van der Waals surface area contributed by atoms with Crippen LogP contribution in [0.15, 0.2) is 23.1 Å². The number of rotatable bonds is 3. The van der Waals surface area contributed by atoms with Gasteiger partial charge < -0.3 is 4.90 Å². The number of anilines is 1. The second-order valence-electron chi connectivity index (χ2n) is 3.68. The molecule has 0 saturated heterocycles. The predicted molar refractivity (Wildman–Crippen MR) is 65.2 cm³/mol. The average molecular weight is 235 g/mol. The van der Waals surface area contributed by atoms with Gasteiger partial charge in [0, 0.05) is 17.0 Å². The van der Waals surface area contributed by atoms with E-state index in [9.17, 15) is 9.59 Å². The summed E-state index contributed by atoms with van der Waals surface area (Å²) in [5.74, 6) is 0.621. The number of amides is 1. The molecule has 1 aromatic rings. The Hall–Kier alpha value is -1.29. The molecule has 1 aliphatic heterocycles. The Morgan fingerprint density at radius 1 is 1.50 bits per heavy atom. The van der Waals surface area contributed by atoms with Gasteiger partial charge in [-0.15, -0.1) is 11.8 Å². The van der Waals surface area contributed by atoms with Gasteiger partial charge in [-0.3, -0.25) is 9.59 Å². The predicted octanol–water partition coefficient (Wildman–Crippen LogP) is 2.35. The quantitative estimate of drug-likeness (QED) is 0.755. The standard InChI is InChI=1S/C12H13NO2S/c1-2-5-13-10-6-9(7-14)3-4-11(10)16-8-12(13)15/h3-4,6-7H,2,5,8H2,1H3. The van der Waals surface area contributed by atoms with E-state index in [4.69, 9.17) is 0 Å². The van der Waals surface area contributed by atoms with Gasteiger partial charge >= 0.3 is 0 Å². The van der Waals surface area contributed by atoms with Crippen molar-refractivity contribution in [1.82, 2.24) is 0 Å². The number of aldehydes is 1. The molecule has 1 heterocycles. The van der Waals surface area contributed by atoms with Crippen molar-refractivity contribution in [2.24, 2.45) is 0 Å². The fourth-order valence-electron chi connectivity index (χ4n) is 1.76. The highest BCUT2D eigenvalue weighted by atomic mass is 32.2. The summed E-state index contributed by atoms with van der Waals surface area (Å²) in [7, 11) is 0. The van der Waals surface area contributed by atoms with Gasteiger partial charge in [0.2, 0.25) is 5.91 Å². The maximum Gasteiger partial charge on any atom is 0.237 e. The summed E-state index contributed by atoms with van der Waals surface area (Å²) in [6, 6.07) is 5.50. The lowest BCUT2D eigenvalue weighted by Crippen LogP contribution is -2.35. The summed E-state index contributed by atoms with van der Waals surface area (Å²) in [6.45, 7) is 2.76. The zero-order valence-corrected chi connectivity index (χ0v) is 9.92. The Morgan fingerprint density at radius 2 is 2.31 bits per heavy atom. The van der Waals surface area contributed by atoms with Crippen molar-refractivity contribution in [3.63, 3.8) is 0 Å². The Bertz CT molecular complexity index is 431. The van der Waals surface area contributed by atoms with Gasteiger partial charge in [-0.05, 0) is 18.6 Å². The van der Waals surface area contributed by atoms with E-state index < -0.39 is 0 Å². The number of carbonyl (C=O) groups excluding carboxylic acids is 2. The Labute approximate surface area is 98.8 Å². The summed E-state index contributed by atoms with van der Waals surface area (Å²) in [5, 5.41) is 0. The van der Waals surface area contributed by atoms with Gasteiger partial charge in [0.25, 0.3) is 0 Å². The molecule has 0 spiro atoms. The van der Waals surface area contributed by atoms with E-state index in [0.717, 1.165) is 23.3 Å². The van der Waals surface area contributed by atoms with Crippen LogP contribution in [0, 0.1) is 0 Å². The molecule has 1 aromatic carbocycles. The molecule has 1 aliphatic rings. The van der Waals surface area contributed by atoms with E-state index in [1.54, 1.807) is 17.0 Å². The Balaban J connectivity index is 2.43. The van der Waals surface area contributed by atoms with Crippen molar-refractivity contribution in [1.29, 1.82) is 0 Å². The summed E-state index contributed by atoms with van der Waals surface area (Å²) >= 11 is 1.54. The summed E-state index contributed by atoms with van der Waals surface area (Å²) < 4.78 is 0. The van der Waals surface area contributed by atoms with Gasteiger partial charge in [0.05, 0.1) is 11.4 Å². The number of hydrogen-bond acceptors (Lipinski definition) is 3. The fourth-order valence-corrected chi connectivity index (χ4v) is 2.68. The van der Waals surface area contributed by atoms with Gasteiger partial charge in [0.15, 0.2) is 0 Å². The largest absolute Gasteiger partial charge is 0.311 e. The fraction of sp³-hybridized carbons (Fsp3) is 0.333. The average Bonchev–Trinajstić information content (AvgIpc) is 2.32. The normalized spacial score (nSPS) is 14.8. The topological polar surface area (TPSA) is 37.4 Å². The minimum Gasteiger partial charge on any atom is -0.311 e. The maximum absolute atomic E-state index is 11.8. The number of nitrogens with zero attached hydrogens (tertiary/aromatic N) is 1. The molecule has 0 saturated carbocycles. The second-order valence-corrected chi connectivity index (χ2v) is 4.70. The van der Waals surface area contributed by atoms with E-state index >= 15 is 0 Å². The molecular formula is C12H13NO2S. The molecule has 0 bridgehead atoms. The minimum absolute atomic E-state index is 0.127. The Morgan fingerprint density at radius 3 is 3.00 bits per heavy atom. The van der Waals surface area contributed by atoms with Crippen LogP contribution >= 0.6 is 11.8 Å². The molecule has 16 heavy (non-hydrogen) atoms. The van der Waals surface area contributed by atoms with Crippen LogP contribution in [0.2, 0.25) is 0 Å². The number of fused-ring (bicyclic) bond motifs is 1. The SMILES string of the molecule is CCCN1C(=O)CSc2ccc(C=O)cc21. The summed E-state index contributed by atoms with van der Waals surface area (Å²) in [6.07, 6.45) is 1.73. The first-order chi connectivity index (χ1) is 7.76. The molecule has 84 valence electrons. The van der Waals surface area contributed by atoms with Crippen molar-refractivity contribution in [3.05, 3.63) is 23.8 Å². The summed E-state index contributed by atoms with van der Waals surface area (Å²) in [5.41, 5.74) is 1.50. The molecule has 0 atom stereocenters. The second kappa shape index (κ2) is 4.70. The van der Waals surface area contributed by atoms with Crippen molar-refractivity contribution < 1.29 is 9.59 Å². The number of carbonyl (C=O) groups is 2. The molecule has 0 aliphatic carbocycles. The first-order valence-electron chi connectivity index (χ1n) is 5.28. The number of hydrogen-bond donors (Lipinski definition) is 0. The third-order valence-corrected chi connectivity index (χ3v) is 3.56. The molecule has 0 unspecified atom stereocenters. The van der Waals surface area contributed by atoms with E-state index in [1.807, 2.05) is 13.0 Å². The van der Waals surface area contributed by atoms with Gasteiger partial charge in [-0.2, -0.15) is 0 Å². The van der Waals surface area contributed by atoms with E-state index in [0.29, 0.717) is 17.9 Å². The smallest absolute Gasteiger partial charge is 0.237 e. The lowest BCUT2D eigenvalue weighted by molar-refractivity contribution is -0.116. The highest BCUT2D eigenvalue weighted by molar-refractivity contribution is 8.00. The maximum atomic E-state index is 11.8. The molecule has 4 heteroatoms. The van der Waals surface area contributed by atoms with Crippen LogP contribution in [0.25, 0.3) is 0 Å². The van der Waals surface area contributed by atoms with Crippen molar-refractivity contribution in [3.8, 4) is 0 Å². The van der Waals surface area contributed by atoms with Crippen LogP contribution in [-0.2, 0) is 4.79 Å². The highest BCUT2D eigenvalue weighted by Crippen LogP contribution is 2.35. The zero-order chi connectivity index (χ0) is 11.5. The van der Waals surface area contributed by atoms with Gasteiger partial charge in [-0.25, -0.2) is 0 Å². The van der Waals surface area contributed by atoms with Crippen molar-refractivity contribution in [2.45, 2.75) is 18.2 Å². The molecule has 0 fully saturated rings. The molecule has 0 aromatic heterocycles.